The van der Waals surface area contributed by atoms with Gasteiger partial charge in [0.05, 0.1) is 18.3 Å². The van der Waals surface area contributed by atoms with E-state index >= 15 is 0 Å². The van der Waals surface area contributed by atoms with Crippen molar-refractivity contribution in [2.75, 3.05) is 19.6 Å². The molecule has 152 valence electrons. The number of amides is 1. The molecular formula is C25H31N3O. The van der Waals surface area contributed by atoms with Crippen LogP contribution in [0.5, 0.6) is 0 Å². The highest BCUT2D eigenvalue weighted by molar-refractivity contribution is 6.03. The molecule has 2 aliphatic rings. The molecule has 29 heavy (non-hydrogen) atoms. The second kappa shape index (κ2) is 8.50. The Bertz CT molecular complexity index is 927. The minimum absolute atomic E-state index is 0.0231. The number of rotatable bonds is 4. The predicted molar refractivity (Wildman–Crippen MR) is 118 cm³/mol. The number of piperidine rings is 1. The molecule has 1 atom stereocenters. The van der Waals surface area contributed by atoms with Gasteiger partial charge in [0.1, 0.15) is 0 Å². The summed E-state index contributed by atoms with van der Waals surface area (Å²) in [4.78, 5) is 15.6. The molecule has 2 aromatic carbocycles. The van der Waals surface area contributed by atoms with Crippen molar-refractivity contribution < 1.29 is 4.79 Å². The van der Waals surface area contributed by atoms with Gasteiger partial charge in [0.15, 0.2) is 0 Å². The third kappa shape index (κ3) is 4.27. The molecule has 0 spiro atoms. The molecule has 2 heterocycles. The minimum atomic E-state index is -0.0231. The van der Waals surface area contributed by atoms with Crippen LogP contribution in [0, 0.1) is 20.8 Å². The highest BCUT2D eigenvalue weighted by Gasteiger charge is 2.34. The molecule has 0 radical (unpaired) electrons. The standard InChI is InChI=1S/C25H31N3O/c1-18-11-12-21(15-20(18)3)23-16-24(22-10-6-5-9-19(22)2)28(26-23)25(29)17-27-13-7-4-8-14-27/h5-6,9-12,15,24H,4,7-8,13-14,16-17H2,1-3H3/t24-/m0/s1. The molecule has 1 saturated heterocycles. The first-order valence-electron chi connectivity index (χ1n) is 10.8. The van der Waals surface area contributed by atoms with E-state index in [9.17, 15) is 4.79 Å². The van der Waals surface area contributed by atoms with Gasteiger partial charge in [0.25, 0.3) is 5.91 Å². The zero-order valence-electron chi connectivity index (χ0n) is 17.8. The first kappa shape index (κ1) is 19.8. The molecule has 4 heteroatoms. The van der Waals surface area contributed by atoms with E-state index in [-0.39, 0.29) is 11.9 Å². The van der Waals surface area contributed by atoms with Crippen LogP contribution in [0.2, 0.25) is 0 Å². The molecule has 4 nitrogen and oxygen atoms in total. The molecule has 1 fully saturated rings. The summed E-state index contributed by atoms with van der Waals surface area (Å²) >= 11 is 0. The van der Waals surface area contributed by atoms with E-state index < -0.39 is 0 Å². The van der Waals surface area contributed by atoms with Crippen LogP contribution in [0.3, 0.4) is 0 Å². The highest BCUT2D eigenvalue weighted by atomic mass is 16.2. The number of benzene rings is 2. The Hall–Kier alpha value is -2.46. The number of hydrogen-bond acceptors (Lipinski definition) is 3. The van der Waals surface area contributed by atoms with Gasteiger partial charge >= 0.3 is 0 Å². The maximum absolute atomic E-state index is 13.3. The second-order valence-electron chi connectivity index (χ2n) is 8.50. The summed E-state index contributed by atoms with van der Waals surface area (Å²) < 4.78 is 0. The Balaban J connectivity index is 1.64. The summed E-state index contributed by atoms with van der Waals surface area (Å²) in [7, 11) is 0. The molecule has 2 aliphatic heterocycles. The predicted octanol–water partition coefficient (Wildman–Crippen LogP) is 4.78. The van der Waals surface area contributed by atoms with E-state index in [1.54, 1.807) is 5.01 Å². The summed E-state index contributed by atoms with van der Waals surface area (Å²) in [5, 5.41) is 6.63. The highest BCUT2D eigenvalue weighted by Crippen LogP contribution is 2.34. The number of aryl methyl sites for hydroxylation is 3. The number of nitrogens with zero attached hydrogens (tertiary/aromatic N) is 3. The van der Waals surface area contributed by atoms with E-state index in [1.165, 1.54) is 41.5 Å². The summed E-state index contributed by atoms with van der Waals surface area (Å²) in [5.74, 6) is 0.110. The van der Waals surface area contributed by atoms with Gasteiger partial charge in [0.2, 0.25) is 0 Å². The zero-order chi connectivity index (χ0) is 20.4. The van der Waals surface area contributed by atoms with Gasteiger partial charge in [-0.05, 0) is 80.6 Å². The molecule has 0 N–H and O–H groups in total. The van der Waals surface area contributed by atoms with Gasteiger partial charge in [-0.2, -0.15) is 5.10 Å². The molecule has 0 aliphatic carbocycles. The monoisotopic (exact) mass is 389 g/mol. The van der Waals surface area contributed by atoms with Crippen LogP contribution in [-0.4, -0.2) is 41.2 Å². The largest absolute Gasteiger partial charge is 0.294 e. The maximum atomic E-state index is 13.3. The summed E-state index contributed by atoms with van der Waals surface area (Å²) in [6, 6.07) is 14.8. The lowest BCUT2D eigenvalue weighted by atomic mass is 9.94. The molecule has 0 saturated carbocycles. The lowest BCUT2D eigenvalue weighted by Crippen LogP contribution is -2.40. The average molecular weight is 390 g/mol. The second-order valence-corrected chi connectivity index (χ2v) is 8.50. The Morgan fingerprint density at radius 1 is 0.966 bits per heavy atom. The third-order valence-corrected chi connectivity index (χ3v) is 6.36. The fraction of sp³-hybridized carbons (Fsp3) is 0.440. The molecule has 4 rings (SSSR count). The van der Waals surface area contributed by atoms with Gasteiger partial charge < -0.3 is 0 Å². The van der Waals surface area contributed by atoms with E-state index in [4.69, 9.17) is 5.10 Å². The molecule has 0 unspecified atom stereocenters. The van der Waals surface area contributed by atoms with Crippen molar-refractivity contribution in [2.45, 2.75) is 52.5 Å². The van der Waals surface area contributed by atoms with Crippen molar-refractivity contribution >= 4 is 11.6 Å². The Morgan fingerprint density at radius 2 is 1.72 bits per heavy atom. The SMILES string of the molecule is Cc1ccc(C2=NN(C(=O)CN3CCCCC3)[C@H](c3ccccc3C)C2)cc1C. The number of hydrogen-bond donors (Lipinski definition) is 0. The Labute approximate surface area is 174 Å². The van der Waals surface area contributed by atoms with Crippen molar-refractivity contribution in [1.29, 1.82) is 0 Å². The minimum Gasteiger partial charge on any atom is -0.294 e. The normalized spacial score (nSPS) is 20.0. The van der Waals surface area contributed by atoms with E-state index in [0.717, 1.165) is 30.8 Å². The fourth-order valence-corrected chi connectivity index (χ4v) is 4.42. The molecule has 2 aromatic rings. The van der Waals surface area contributed by atoms with Crippen molar-refractivity contribution in [3.8, 4) is 0 Å². The van der Waals surface area contributed by atoms with Gasteiger partial charge in [0, 0.05) is 6.42 Å². The van der Waals surface area contributed by atoms with E-state index in [1.807, 2.05) is 0 Å². The van der Waals surface area contributed by atoms with E-state index in [2.05, 4.69) is 68.1 Å². The smallest absolute Gasteiger partial charge is 0.257 e. The van der Waals surface area contributed by atoms with Crippen molar-refractivity contribution in [3.63, 3.8) is 0 Å². The van der Waals surface area contributed by atoms with Crippen molar-refractivity contribution in [1.82, 2.24) is 9.91 Å². The first-order valence-corrected chi connectivity index (χ1v) is 10.8. The maximum Gasteiger partial charge on any atom is 0.257 e. The van der Waals surface area contributed by atoms with Crippen LogP contribution >= 0.6 is 0 Å². The quantitative estimate of drug-likeness (QED) is 0.755. The van der Waals surface area contributed by atoms with Gasteiger partial charge in [-0.25, -0.2) is 5.01 Å². The van der Waals surface area contributed by atoms with Gasteiger partial charge in [-0.15, -0.1) is 0 Å². The average Bonchev–Trinajstić information content (AvgIpc) is 3.16. The van der Waals surface area contributed by atoms with Crippen LogP contribution in [-0.2, 0) is 4.79 Å². The summed E-state index contributed by atoms with van der Waals surface area (Å²) in [6.45, 7) is 8.88. The zero-order valence-corrected chi connectivity index (χ0v) is 17.8. The molecule has 1 amide bonds. The number of carbonyl (C=O) groups is 1. The summed E-state index contributed by atoms with van der Waals surface area (Å²) in [5.41, 5.74) is 7.08. The summed E-state index contributed by atoms with van der Waals surface area (Å²) in [6.07, 6.45) is 4.41. The van der Waals surface area contributed by atoms with Crippen LogP contribution < -0.4 is 0 Å². The van der Waals surface area contributed by atoms with Crippen LogP contribution in [0.25, 0.3) is 0 Å². The molecule has 0 bridgehead atoms. The van der Waals surface area contributed by atoms with E-state index in [0.29, 0.717) is 6.54 Å². The lowest BCUT2D eigenvalue weighted by Gasteiger charge is -2.29. The van der Waals surface area contributed by atoms with Crippen molar-refractivity contribution in [3.05, 3.63) is 70.3 Å². The Morgan fingerprint density at radius 3 is 2.45 bits per heavy atom. The fourth-order valence-electron chi connectivity index (χ4n) is 4.42. The molecular weight excluding hydrogens is 358 g/mol. The number of hydrazone groups is 1. The molecule has 0 aromatic heterocycles. The number of likely N-dealkylation sites (tertiary alicyclic amines) is 1. The lowest BCUT2D eigenvalue weighted by molar-refractivity contribution is -0.134. The third-order valence-electron chi connectivity index (χ3n) is 6.36. The topological polar surface area (TPSA) is 35.9 Å². The van der Waals surface area contributed by atoms with Gasteiger partial charge in [-0.3, -0.25) is 9.69 Å². The number of carbonyl (C=O) groups excluding carboxylic acids is 1. The first-order chi connectivity index (χ1) is 14.0. The van der Waals surface area contributed by atoms with Crippen molar-refractivity contribution in [2.24, 2.45) is 5.10 Å². The van der Waals surface area contributed by atoms with Gasteiger partial charge in [-0.1, -0.05) is 42.8 Å². The Kier molecular flexibility index (Phi) is 5.81. The van der Waals surface area contributed by atoms with Crippen LogP contribution in [0.4, 0.5) is 0 Å². The van der Waals surface area contributed by atoms with Crippen LogP contribution in [0.15, 0.2) is 47.6 Å². The van der Waals surface area contributed by atoms with Crippen LogP contribution in [0.1, 0.15) is 59.5 Å².